The first-order valence-corrected chi connectivity index (χ1v) is 10.1. The molecule has 1 aromatic heterocycles. The molecule has 1 fully saturated rings. The van der Waals surface area contributed by atoms with Gasteiger partial charge in [0.05, 0.1) is 11.9 Å². The molecule has 2 N–H and O–H groups in total. The lowest BCUT2D eigenvalue weighted by molar-refractivity contribution is -0.154. The van der Waals surface area contributed by atoms with Crippen LogP contribution in [0.4, 0.5) is 18.9 Å². The van der Waals surface area contributed by atoms with Crippen molar-refractivity contribution in [2.24, 2.45) is 5.92 Å². The van der Waals surface area contributed by atoms with Crippen LogP contribution in [-0.4, -0.2) is 56.5 Å². The lowest BCUT2D eigenvalue weighted by atomic mass is 9.86. The Morgan fingerprint density at radius 1 is 1.25 bits per heavy atom. The fraction of sp³-hybridized carbons (Fsp3) is 0.625. The van der Waals surface area contributed by atoms with Crippen molar-refractivity contribution in [3.8, 4) is 5.88 Å². The molecule has 1 saturated carbocycles. The summed E-state index contributed by atoms with van der Waals surface area (Å²) in [6.07, 6.45) is -1.12. The third-order valence-corrected chi connectivity index (χ3v) is 5.87. The molecule has 1 aromatic rings. The molecule has 28 heavy (non-hydrogen) atoms. The molecule has 0 unspecified atom stereocenters. The second kappa shape index (κ2) is 9.05. The molecule has 12 heteroatoms. The molecule has 0 saturated heterocycles. The Bertz CT molecular complexity index is 761. The quantitative estimate of drug-likeness (QED) is 0.697. The molecule has 0 spiro atoms. The lowest BCUT2D eigenvalue weighted by Crippen LogP contribution is -2.44. The molecule has 0 aliphatic heterocycles. The number of amides is 1. The maximum Gasteiger partial charge on any atom is 0.422 e. The summed E-state index contributed by atoms with van der Waals surface area (Å²) in [7, 11) is -0.631. The Hall–Kier alpha value is -1.92. The number of hydrogen-bond acceptors (Lipinski definition) is 5. The summed E-state index contributed by atoms with van der Waals surface area (Å²) in [5, 5.41) is 2.67. The molecule has 0 atom stereocenters. The maximum absolute atomic E-state index is 12.3. The zero-order valence-corrected chi connectivity index (χ0v) is 16.3. The van der Waals surface area contributed by atoms with E-state index in [-0.39, 0.29) is 23.7 Å². The van der Waals surface area contributed by atoms with Crippen LogP contribution in [0, 0.1) is 5.92 Å². The molecular weight excluding hydrogens is 401 g/mol. The van der Waals surface area contributed by atoms with Gasteiger partial charge in [0.15, 0.2) is 6.61 Å². The highest BCUT2D eigenvalue weighted by atomic mass is 32.2. The van der Waals surface area contributed by atoms with Crippen LogP contribution in [0.15, 0.2) is 18.3 Å². The van der Waals surface area contributed by atoms with Gasteiger partial charge in [-0.05, 0) is 31.7 Å². The normalized spacial score (nSPS) is 20.8. The third kappa shape index (κ3) is 6.91. The molecule has 0 radical (unpaired) electrons. The summed E-state index contributed by atoms with van der Waals surface area (Å²) in [6, 6.07) is 2.44. The zero-order chi connectivity index (χ0) is 20.9. The smallest absolute Gasteiger partial charge is 0.422 e. The zero-order valence-electron chi connectivity index (χ0n) is 15.5. The van der Waals surface area contributed by atoms with Crippen molar-refractivity contribution in [2.75, 3.05) is 26.0 Å². The second-order valence-corrected chi connectivity index (χ2v) is 8.65. The minimum Gasteiger partial charge on any atom is -0.468 e. The highest BCUT2D eigenvalue weighted by Crippen LogP contribution is 2.26. The van der Waals surface area contributed by atoms with Crippen molar-refractivity contribution < 1.29 is 31.1 Å². The first-order chi connectivity index (χ1) is 13.0. The molecule has 0 aromatic carbocycles. The number of carbonyl (C=O) groups is 1. The van der Waals surface area contributed by atoms with E-state index in [1.54, 1.807) is 0 Å². The van der Waals surface area contributed by atoms with Gasteiger partial charge in [-0.25, -0.2) is 4.98 Å². The number of anilines is 1. The van der Waals surface area contributed by atoms with Gasteiger partial charge in [0, 0.05) is 32.1 Å². The number of alkyl halides is 3. The van der Waals surface area contributed by atoms with Gasteiger partial charge < -0.3 is 10.1 Å². The largest absolute Gasteiger partial charge is 0.468 e. The van der Waals surface area contributed by atoms with Gasteiger partial charge in [-0.1, -0.05) is 0 Å². The monoisotopic (exact) mass is 424 g/mol. The average molecular weight is 424 g/mol. The Labute approximate surface area is 161 Å². The van der Waals surface area contributed by atoms with Gasteiger partial charge >= 0.3 is 6.18 Å². The molecule has 158 valence electrons. The van der Waals surface area contributed by atoms with E-state index in [1.807, 2.05) is 0 Å². The summed E-state index contributed by atoms with van der Waals surface area (Å²) in [4.78, 5) is 16.1. The minimum absolute atomic E-state index is 0.191. The third-order valence-electron chi connectivity index (χ3n) is 4.28. The van der Waals surface area contributed by atoms with Crippen molar-refractivity contribution >= 4 is 21.8 Å². The number of ether oxygens (including phenoxy) is 1. The van der Waals surface area contributed by atoms with E-state index in [4.69, 9.17) is 0 Å². The van der Waals surface area contributed by atoms with E-state index in [1.165, 1.54) is 32.4 Å². The number of pyridine rings is 1. The van der Waals surface area contributed by atoms with E-state index in [2.05, 4.69) is 19.8 Å². The summed E-state index contributed by atoms with van der Waals surface area (Å²) in [5.74, 6) is -0.704. The topological polar surface area (TPSA) is 101 Å². The number of hydrogen-bond donors (Lipinski definition) is 2. The van der Waals surface area contributed by atoms with E-state index < -0.39 is 23.0 Å². The lowest BCUT2D eigenvalue weighted by Gasteiger charge is -2.29. The summed E-state index contributed by atoms with van der Waals surface area (Å²) in [6.45, 7) is -1.44. The Kier molecular flexibility index (Phi) is 7.23. The number of aromatic nitrogens is 1. The van der Waals surface area contributed by atoms with Crippen LogP contribution in [0.3, 0.4) is 0 Å². The predicted molar refractivity (Wildman–Crippen MR) is 95.9 cm³/mol. The molecule has 1 aliphatic rings. The van der Waals surface area contributed by atoms with Gasteiger partial charge in [-0.15, -0.1) is 0 Å². The highest BCUT2D eigenvalue weighted by Gasteiger charge is 2.30. The van der Waals surface area contributed by atoms with Crippen LogP contribution in [0.25, 0.3) is 0 Å². The van der Waals surface area contributed by atoms with Gasteiger partial charge in [0.1, 0.15) is 0 Å². The summed E-state index contributed by atoms with van der Waals surface area (Å²) < 4.78 is 68.2. The van der Waals surface area contributed by atoms with Crippen molar-refractivity contribution in [1.82, 2.24) is 14.0 Å². The molecule has 1 heterocycles. The Balaban J connectivity index is 1.81. The van der Waals surface area contributed by atoms with Crippen molar-refractivity contribution in [3.63, 3.8) is 0 Å². The van der Waals surface area contributed by atoms with Crippen LogP contribution in [0.2, 0.25) is 0 Å². The molecular formula is C16H23F3N4O4S. The fourth-order valence-corrected chi connectivity index (χ4v) is 3.60. The Morgan fingerprint density at radius 2 is 1.89 bits per heavy atom. The van der Waals surface area contributed by atoms with Gasteiger partial charge in [-0.2, -0.15) is 30.6 Å². The molecule has 1 amide bonds. The van der Waals surface area contributed by atoms with E-state index >= 15 is 0 Å². The predicted octanol–water partition coefficient (Wildman–Crippen LogP) is 1.92. The SMILES string of the molecule is CN(C)S(=O)(=O)NC1CCC(C(=O)Nc2ccc(OCC(F)(F)F)nc2)CC1. The van der Waals surface area contributed by atoms with Crippen LogP contribution < -0.4 is 14.8 Å². The van der Waals surface area contributed by atoms with Gasteiger partial charge in [0.25, 0.3) is 10.2 Å². The van der Waals surface area contributed by atoms with Crippen LogP contribution in [0.5, 0.6) is 5.88 Å². The summed E-state index contributed by atoms with van der Waals surface area (Å²) >= 11 is 0. The van der Waals surface area contributed by atoms with E-state index in [0.29, 0.717) is 31.4 Å². The number of rotatable bonds is 7. The number of nitrogens with one attached hydrogen (secondary N) is 2. The Morgan fingerprint density at radius 3 is 2.39 bits per heavy atom. The van der Waals surface area contributed by atoms with Crippen molar-refractivity contribution in [1.29, 1.82) is 0 Å². The molecule has 2 rings (SSSR count). The van der Waals surface area contributed by atoms with Crippen molar-refractivity contribution in [3.05, 3.63) is 18.3 Å². The minimum atomic E-state index is -4.45. The van der Waals surface area contributed by atoms with E-state index in [9.17, 15) is 26.4 Å². The highest BCUT2D eigenvalue weighted by molar-refractivity contribution is 7.87. The number of carbonyl (C=O) groups excluding carboxylic acids is 1. The first-order valence-electron chi connectivity index (χ1n) is 8.62. The van der Waals surface area contributed by atoms with Crippen molar-refractivity contribution in [2.45, 2.75) is 37.9 Å². The standard InChI is InChI=1S/C16H23F3N4O4S/c1-23(2)28(25,26)22-12-5-3-11(4-6-12)15(24)21-13-7-8-14(20-9-13)27-10-16(17,18)19/h7-9,11-12,22H,3-6,10H2,1-2H3,(H,21,24). The van der Waals surface area contributed by atoms with Gasteiger partial charge in [0.2, 0.25) is 11.8 Å². The van der Waals surface area contributed by atoms with Crippen LogP contribution in [0.1, 0.15) is 25.7 Å². The fourth-order valence-electron chi connectivity index (χ4n) is 2.73. The first kappa shape index (κ1) is 22.4. The van der Waals surface area contributed by atoms with Crippen LogP contribution in [-0.2, 0) is 15.0 Å². The number of halogens is 3. The number of nitrogens with zero attached hydrogens (tertiary/aromatic N) is 2. The van der Waals surface area contributed by atoms with Gasteiger partial charge in [-0.3, -0.25) is 4.79 Å². The molecule has 8 nitrogen and oxygen atoms in total. The van der Waals surface area contributed by atoms with E-state index in [0.717, 1.165) is 4.31 Å². The molecule has 1 aliphatic carbocycles. The summed E-state index contributed by atoms with van der Waals surface area (Å²) in [5.41, 5.74) is 0.347. The molecule has 0 bridgehead atoms. The second-order valence-electron chi connectivity index (χ2n) is 6.73. The van der Waals surface area contributed by atoms with Crippen LogP contribution >= 0.6 is 0 Å². The average Bonchev–Trinajstić information content (AvgIpc) is 2.60. The maximum atomic E-state index is 12.3.